The van der Waals surface area contributed by atoms with Crippen LogP contribution in [0.5, 0.6) is 5.75 Å². The highest BCUT2D eigenvalue weighted by Crippen LogP contribution is 2.27. The number of rotatable bonds is 6. The van der Waals surface area contributed by atoms with Gasteiger partial charge in [0.1, 0.15) is 5.75 Å². The van der Waals surface area contributed by atoms with E-state index in [0.717, 1.165) is 29.8 Å². The largest absolute Gasteiger partial charge is 0.496 e. The Morgan fingerprint density at radius 2 is 1.68 bits per heavy atom. The molecule has 1 fully saturated rings. The molecule has 4 rings (SSSR count). The fourth-order valence-corrected chi connectivity index (χ4v) is 3.68. The zero-order valence-electron chi connectivity index (χ0n) is 17.4. The van der Waals surface area contributed by atoms with Gasteiger partial charge in [-0.1, -0.05) is 48.5 Å². The number of nitrogens with one attached hydrogen (secondary N) is 1. The van der Waals surface area contributed by atoms with Gasteiger partial charge in [-0.05, 0) is 48.4 Å². The maximum absolute atomic E-state index is 13.2. The molecule has 5 nitrogen and oxygen atoms in total. The number of nitrogens with zero attached hydrogens (tertiary/aromatic N) is 1. The van der Waals surface area contributed by atoms with Crippen molar-refractivity contribution in [1.29, 1.82) is 0 Å². The number of hydrogen-bond donors (Lipinski definition) is 1. The van der Waals surface area contributed by atoms with Gasteiger partial charge in [0, 0.05) is 35.5 Å². The lowest BCUT2D eigenvalue weighted by molar-refractivity contribution is -0.117. The van der Waals surface area contributed by atoms with Crippen LogP contribution in [-0.4, -0.2) is 25.5 Å². The fourth-order valence-electron chi connectivity index (χ4n) is 3.68. The van der Waals surface area contributed by atoms with E-state index in [-0.39, 0.29) is 11.8 Å². The lowest BCUT2D eigenvalue weighted by Crippen LogP contribution is -2.23. The summed E-state index contributed by atoms with van der Waals surface area (Å²) < 4.78 is 5.44. The van der Waals surface area contributed by atoms with Crippen LogP contribution in [0.3, 0.4) is 0 Å². The summed E-state index contributed by atoms with van der Waals surface area (Å²) in [6, 6.07) is 24.5. The maximum Gasteiger partial charge on any atom is 0.256 e. The Bertz CT molecular complexity index is 1110. The number of amides is 2. The molecule has 1 aliphatic rings. The zero-order valence-corrected chi connectivity index (χ0v) is 17.4. The van der Waals surface area contributed by atoms with Crippen LogP contribution >= 0.6 is 0 Å². The highest BCUT2D eigenvalue weighted by molar-refractivity contribution is 6.29. The van der Waals surface area contributed by atoms with Crippen LogP contribution in [0.25, 0.3) is 11.6 Å². The van der Waals surface area contributed by atoms with E-state index in [4.69, 9.17) is 4.74 Å². The molecule has 1 N–H and O–H groups in total. The van der Waals surface area contributed by atoms with E-state index in [1.165, 1.54) is 0 Å². The molecule has 0 unspecified atom stereocenters. The first-order chi connectivity index (χ1) is 15.2. The molecule has 5 heteroatoms. The summed E-state index contributed by atoms with van der Waals surface area (Å²) in [5, 5.41) is 2.98. The van der Waals surface area contributed by atoms with Crippen LogP contribution in [0.1, 0.15) is 24.0 Å². The van der Waals surface area contributed by atoms with Gasteiger partial charge in [-0.15, -0.1) is 0 Å². The van der Waals surface area contributed by atoms with Crippen molar-refractivity contribution in [3.8, 4) is 5.75 Å². The second-order valence-electron chi connectivity index (χ2n) is 7.32. The van der Waals surface area contributed by atoms with Crippen LogP contribution in [0.2, 0.25) is 0 Å². The number of benzene rings is 3. The summed E-state index contributed by atoms with van der Waals surface area (Å²) >= 11 is 0. The fraction of sp³-hybridized carbons (Fsp3) is 0.154. The zero-order chi connectivity index (χ0) is 21.6. The maximum atomic E-state index is 13.2. The smallest absolute Gasteiger partial charge is 0.256 e. The standard InChI is InChI=1S/C26H24N2O3/c1-31-24-11-6-5-10-20(24)18-23(19-8-3-2-4-9-19)26(30)27-21-13-15-22(16-14-21)28-17-7-12-25(28)29/h2-6,8-11,13-16,18H,7,12,17H2,1H3,(H,27,30)/b23-18+. The monoisotopic (exact) mass is 412 g/mol. The third-order valence-corrected chi connectivity index (χ3v) is 5.28. The van der Waals surface area contributed by atoms with Crippen molar-refractivity contribution in [3.63, 3.8) is 0 Å². The number of carbonyl (C=O) groups is 2. The van der Waals surface area contributed by atoms with E-state index < -0.39 is 0 Å². The predicted octanol–water partition coefficient (Wildman–Crippen LogP) is 5.00. The van der Waals surface area contributed by atoms with E-state index in [9.17, 15) is 9.59 Å². The van der Waals surface area contributed by atoms with Crippen molar-refractivity contribution in [3.05, 3.63) is 90.0 Å². The average molecular weight is 412 g/mol. The molecule has 31 heavy (non-hydrogen) atoms. The molecule has 0 bridgehead atoms. The van der Waals surface area contributed by atoms with Crippen molar-refractivity contribution in [2.75, 3.05) is 23.9 Å². The quantitative estimate of drug-likeness (QED) is 0.458. The minimum atomic E-state index is -0.220. The summed E-state index contributed by atoms with van der Waals surface area (Å²) in [6.07, 6.45) is 3.30. The first kappa shape index (κ1) is 20.4. The predicted molar refractivity (Wildman–Crippen MR) is 124 cm³/mol. The Kier molecular flexibility index (Phi) is 6.13. The topological polar surface area (TPSA) is 58.6 Å². The summed E-state index contributed by atoms with van der Waals surface area (Å²) in [4.78, 5) is 27.0. The number of carbonyl (C=O) groups excluding carboxylic acids is 2. The minimum absolute atomic E-state index is 0.142. The summed E-state index contributed by atoms with van der Waals surface area (Å²) in [5.74, 6) is 0.619. The molecule has 0 saturated carbocycles. The molecule has 0 aromatic heterocycles. The Morgan fingerprint density at radius 1 is 0.968 bits per heavy atom. The highest BCUT2D eigenvalue weighted by Gasteiger charge is 2.21. The molecular weight excluding hydrogens is 388 g/mol. The number of ether oxygens (including phenoxy) is 1. The van der Waals surface area contributed by atoms with Gasteiger partial charge in [-0.25, -0.2) is 0 Å². The van der Waals surface area contributed by atoms with Gasteiger partial charge in [-0.2, -0.15) is 0 Å². The van der Waals surface area contributed by atoms with Crippen LogP contribution < -0.4 is 15.0 Å². The Balaban J connectivity index is 1.61. The number of para-hydroxylation sites is 1. The summed E-state index contributed by atoms with van der Waals surface area (Å²) in [7, 11) is 1.61. The Labute approximate surface area is 182 Å². The molecule has 1 heterocycles. The second-order valence-corrected chi connectivity index (χ2v) is 7.32. The second kappa shape index (κ2) is 9.30. The Morgan fingerprint density at radius 3 is 2.35 bits per heavy atom. The third-order valence-electron chi connectivity index (χ3n) is 5.28. The van der Waals surface area contributed by atoms with E-state index in [1.807, 2.05) is 84.9 Å². The average Bonchev–Trinajstić information content (AvgIpc) is 3.24. The molecule has 2 amide bonds. The first-order valence-electron chi connectivity index (χ1n) is 10.3. The van der Waals surface area contributed by atoms with E-state index in [1.54, 1.807) is 12.0 Å². The SMILES string of the molecule is COc1ccccc1/C=C(/C(=O)Nc1ccc(N2CCCC2=O)cc1)c1ccccc1. The Hall–Kier alpha value is -3.86. The van der Waals surface area contributed by atoms with Crippen LogP contribution in [-0.2, 0) is 9.59 Å². The molecule has 1 saturated heterocycles. The van der Waals surface area contributed by atoms with Crippen molar-refractivity contribution >= 4 is 34.8 Å². The van der Waals surface area contributed by atoms with E-state index in [0.29, 0.717) is 23.4 Å². The lowest BCUT2D eigenvalue weighted by Gasteiger charge is -2.16. The van der Waals surface area contributed by atoms with Gasteiger partial charge >= 0.3 is 0 Å². The lowest BCUT2D eigenvalue weighted by atomic mass is 10.0. The van der Waals surface area contributed by atoms with Gasteiger partial charge in [0.05, 0.1) is 7.11 Å². The van der Waals surface area contributed by atoms with Gasteiger partial charge in [0.2, 0.25) is 5.91 Å². The normalized spacial score (nSPS) is 13.9. The van der Waals surface area contributed by atoms with E-state index in [2.05, 4.69) is 5.32 Å². The molecule has 1 aliphatic heterocycles. The molecule has 0 atom stereocenters. The van der Waals surface area contributed by atoms with Gasteiger partial charge in [-0.3, -0.25) is 9.59 Å². The van der Waals surface area contributed by atoms with Crippen LogP contribution in [0.4, 0.5) is 11.4 Å². The summed E-state index contributed by atoms with van der Waals surface area (Å²) in [5.41, 5.74) is 3.69. The number of methoxy groups -OCH3 is 1. The van der Waals surface area contributed by atoms with Crippen LogP contribution in [0.15, 0.2) is 78.9 Å². The van der Waals surface area contributed by atoms with Gasteiger partial charge in [0.15, 0.2) is 0 Å². The molecule has 156 valence electrons. The van der Waals surface area contributed by atoms with Crippen molar-refractivity contribution in [2.24, 2.45) is 0 Å². The third kappa shape index (κ3) is 4.67. The van der Waals surface area contributed by atoms with Gasteiger partial charge in [0.25, 0.3) is 5.91 Å². The molecule has 3 aromatic rings. The van der Waals surface area contributed by atoms with Crippen molar-refractivity contribution in [2.45, 2.75) is 12.8 Å². The number of anilines is 2. The van der Waals surface area contributed by atoms with Gasteiger partial charge < -0.3 is 15.0 Å². The van der Waals surface area contributed by atoms with Crippen molar-refractivity contribution in [1.82, 2.24) is 0 Å². The van der Waals surface area contributed by atoms with Crippen LogP contribution in [0, 0.1) is 0 Å². The molecule has 0 radical (unpaired) electrons. The first-order valence-corrected chi connectivity index (χ1v) is 10.3. The highest BCUT2D eigenvalue weighted by atomic mass is 16.5. The molecular formula is C26H24N2O3. The molecule has 3 aromatic carbocycles. The molecule has 0 spiro atoms. The molecule has 0 aliphatic carbocycles. The minimum Gasteiger partial charge on any atom is -0.496 e. The number of hydrogen-bond acceptors (Lipinski definition) is 3. The van der Waals surface area contributed by atoms with E-state index >= 15 is 0 Å². The van der Waals surface area contributed by atoms with Crippen molar-refractivity contribution < 1.29 is 14.3 Å². The summed E-state index contributed by atoms with van der Waals surface area (Å²) in [6.45, 7) is 0.740.